The van der Waals surface area contributed by atoms with Crippen LogP contribution in [-0.4, -0.2) is 5.11 Å². The minimum absolute atomic E-state index is 0.124. The summed E-state index contributed by atoms with van der Waals surface area (Å²) in [6.07, 6.45) is 0. The third-order valence-corrected chi connectivity index (χ3v) is 2.82. The van der Waals surface area contributed by atoms with Crippen LogP contribution in [0.5, 0.6) is 5.75 Å². The Morgan fingerprint density at radius 2 is 1.65 bits per heavy atom. The number of halogens is 1. The summed E-state index contributed by atoms with van der Waals surface area (Å²) in [4.78, 5) is 0. The molecule has 2 rings (SSSR count). The molecule has 0 bridgehead atoms. The highest BCUT2D eigenvalue weighted by Crippen LogP contribution is 2.23. The van der Waals surface area contributed by atoms with Gasteiger partial charge in [0.05, 0.1) is 5.02 Å². The van der Waals surface area contributed by atoms with E-state index in [-0.39, 0.29) is 5.75 Å². The van der Waals surface area contributed by atoms with Crippen LogP contribution in [0.25, 0.3) is 0 Å². The first-order chi connectivity index (χ1) is 8.25. The summed E-state index contributed by atoms with van der Waals surface area (Å²) in [7, 11) is 0. The van der Waals surface area contributed by atoms with Crippen molar-refractivity contribution in [2.45, 2.75) is 13.1 Å². The van der Waals surface area contributed by atoms with Gasteiger partial charge < -0.3 is 10.4 Å². The van der Waals surface area contributed by atoms with E-state index in [9.17, 15) is 5.11 Å². The Labute approximate surface area is 106 Å². The molecule has 0 saturated carbocycles. The van der Waals surface area contributed by atoms with Gasteiger partial charge in [0, 0.05) is 13.1 Å². The van der Waals surface area contributed by atoms with E-state index in [1.54, 1.807) is 12.1 Å². The first-order valence-electron chi connectivity index (χ1n) is 5.48. The molecule has 0 unspecified atom stereocenters. The lowest BCUT2D eigenvalue weighted by Crippen LogP contribution is -2.12. The second kappa shape index (κ2) is 5.71. The van der Waals surface area contributed by atoms with Crippen molar-refractivity contribution in [3.05, 3.63) is 64.7 Å². The summed E-state index contributed by atoms with van der Waals surface area (Å²) in [6, 6.07) is 15.5. The zero-order chi connectivity index (χ0) is 12.1. The molecule has 0 heterocycles. The normalized spacial score (nSPS) is 10.4. The van der Waals surface area contributed by atoms with Crippen LogP contribution < -0.4 is 5.32 Å². The van der Waals surface area contributed by atoms with E-state index in [4.69, 9.17) is 11.6 Å². The molecule has 88 valence electrons. The van der Waals surface area contributed by atoms with Gasteiger partial charge in [0.15, 0.2) is 0 Å². The summed E-state index contributed by atoms with van der Waals surface area (Å²) >= 11 is 5.83. The lowest BCUT2D eigenvalue weighted by atomic mass is 10.2. The molecule has 2 N–H and O–H groups in total. The highest BCUT2D eigenvalue weighted by Gasteiger charge is 1.99. The second-order valence-corrected chi connectivity index (χ2v) is 4.28. The lowest BCUT2D eigenvalue weighted by Gasteiger charge is -2.06. The van der Waals surface area contributed by atoms with Crippen LogP contribution in [0.15, 0.2) is 48.5 Å². The summed E-state index contributed by atoms with van der Waals surface area (Å²) in [5.74, 6) is 0.124. The smallest absolute Gasteiger partial charge is 0.134 e. The van der Waals surface area contributed by atoms with Crippen LogP contribution in [0.3, 0.4) is 0 Å². The first-order valence-corrected chi connectivity index (χ1v) is 5.85. The number of hydrogen-bond acceptors (Lipinski definition) is 2. The number of benzene rings is 2. The molecule has 0 spiro atoms. The van der Waals surface area contributed by atoms with Crippen molar-refractivity contribution in [3.8, 4) is 5.75 Å². The minimum atomic E-state index is 0.124. The lowest BCUT2D eigenvalue weighted by molar-refractivity contribution is 0.475. The second-order valence-electron chi connectivity index (χ2n) is 3.87. The zero-order valence-corrected chi connectivity index (χ0v) is 10.1. The van der Waals surface area contributed by atoms with E-state index in [0.29, 0.717) is 5.02 Å². The number of rotatable bonds is 4. The third kappa shape index (κ3) is 3.48. The van der Waals surface area contributed by atoms with E-state index in [0.717, 1.165) is 18.7 Å². The Hall–Kier alpha value is -1.51. The highest BCUT2D eigenvalue weighted by molar-refractivity contribution is 6.32. The van der Waals surface area contributed by atoms with Gasteiger partial charge in [0.2, 0.25) is 0 Å². The van der Waals surface area contributed by atoms with Gasteiger partial charge in [-0.05, 0) is 23.3 Å². The molecule has 0 fully saturated rings. The van der Waals surface area contributed by atoms with Gasteiger partial charge in [-0.15, -0.1) is 0 Å². The molecule has 0 aromatic heterocycles. The summed E-state index contributed by atoms with van der Waals surface area (Å²) in [5, 5.41) is 13.0. The number of phenols is 1. The van der Waals surface area contributed by atoms with Crippen molar-refractivity contribution in [2.24, 2.45) is 0 Å². The average molecular weight is 248 g/mol. The van der Waals surface area contributed by atoms with Gasteiger partial charge in [0.25, 0.3) is 0 Å². The molecule has 17 heavy (non-hydrogen) atoms. The predicted octanol–water partition coefficient (Wildman–Crippen LogP) is 3.34. The SMILES string of the molecule is Oc1ccc(CNCc2ccccc2)cc1Cl. The fraction of sp³-hybridized carbons (Fsp3) is 0.143. The number of aromatic hydroxyl groups is 1. The summed E-state index contributed by atoms with van der Waals surface area (Å²) < 4.78 is 0. The first kappa shape index (κ1) is 12.0. The molecular formula is C14H14ClNO. The Kier molecular flexibility index (Phi) is 4.02. The third-order valence-electron chi connectivity index (χ3n) is 2.51. The molecule has 0 radical (unpaired) electrons. The van der Waals surface area contributed by atoms with Crippen molar-refractivity contribution in [1.29, 1.82) is 0 Å². The van der Waals surface area contributed by atoms with Gasteiger partial charge in [-0.2, -0.15) is 0 Å². The maximum atomic E-state index is 9.29. The van der Waals surface area contributed by atoms with Crippen molar-refractivity contribution >= 4 is 11.6 Å². The van der Waals surface area contributed by atoms with Crippen molar-refractivity contribution in [1.82, 2.24) is 5.32 Å². The van der Waals surface area contributed by atoms with Gasteiger partial charge in [-0.3, -0.25) is 0 Å². The largest absolute Gasteiger partial charge is 0.506 e. The molecular weight excluding hydrogens is 234 g/mol. The molecule has 2 aromatic rings. The Morgan fingerprint density at radius 1 is 0.941 bits per heavy atom. The van der Waals surface area contributed by atoms with Crippen LogP contribution in [0.4, 0.5) is 0 Å². The molecule has 0 aliphatic carbocycles. The molecule has 2 nitrogen and oxygen atoms in total. The van der Waals surface area contributed by atoms with E-state index in [1.807, 2.05) is 24.3 Å². The van der Waals surface area contributed by atoms with E-state index < -0.39 is 0 Å². The minimum Gasteiger partial charge on any atom is -0.506 e. The number of hydrogen-bond donors (Lipinski definition) is 2. The van der Waals surface area contributed by atoms with Gasteiger partial charge >= 0.3 is 0 Å². The van der Waals surface area contributed by atoms with Gasteiger partial charge in [0.1, 0.15) is 5.75 Å². The van der Waals surface area contributed by atoms with Crippen molar-refractivity contribution in [2.75, 3.05) is 0 Å². The van der Waals surface area contributed by atoms with Crippen molar-refractivity contribution < 1.29 is 5.11 Å². The topological polar surface area (TPSA) is 32.3 Å². The molecule has 0 aliphatic heterocycles. The van der Waals surface area contributed by atoms with Crippen LogP contribution in [0.2, 0.25) is 5.02 Å². The molecule has 0 amide bonds. The van der Waals surface area contributed by atoms with E-state index in [2.05, 4.69) is 17.4 Å². The van der Waals surface area contributed by atoms with Crippen molar-refractivity contribution in [3.63, 3.8) is 0 Å². The maximum Gasteiger partial charge on any atom is 0.134 e. The van der Waals surface area contributed by atoms with Crippen LogP contribution in [0.1, 0.15) is 11.1 Å². The molecule has 0 saturated heterocycles. The van der Waals surface area contributed by atoms with Crippen LogP contribution in [-0.2, 0) is 13.1 Å². The average Bonchev–Trinajstić information content (AvgIpc) is 2.35. The molecule has 2 aromatic carbocycles. The molecule has 0 aliphatic rings. The summed E-state index contributed by atoms with van der Waals surface area (Å²) in [5.41, 5.74) is 2.31. The number of nitrogens with one attached hydrogen (secondary N) is 1. The van der Waals surface area contributed by atoms with Crippen LogP contribution >= 0.6 is 11.6 Å². The summed E-state index contributed by atoms with van der Waals surface area (Å²) in [6.45, 7) is 1.55. The van der Waals surface area contributed by atoms with Gasteiger partial charge in [-0.1, -0.05) is 48.0 Å². The monoisotopic (exact) mass is 247 g/mol. The van der Waals surface area contributed by atoms with E-state index in [1.165, 1.54) is 5.56 Å². The zero-order valence-electron chi connectivity index (χ0n) is 9.36. The van der Waals surface area contributed by atoms with E-state index >= 15 is 0 Å². The fourth-order valence-corrected chi connectivity index (χ4v) is 1.81. The van der Waals surface area contributed by atoms with Gasteiger partial charge in [-0.25, -0.2) is 0 Å². The predicted molar refractivity (Wildman–Crippen MR) is 70.1 cm³/mol. The maximum absolute atomic E-state index is 9.29. The Morgan fingerprint density at radius 3 is 2.35 bits per heavy atom. The molecule has 0 atom stereocenters. The Balaban J connectivity index is 1.88. The standard InChI is InChI=1S/C14H14ClNO/c15-13-8-12(6-7-14(13)17)10-16-9-11-4-2-1-3-5-11/h1-8,16-17H,9-10H2. The highest BCUT2D eigenvalue weighted by atomic mass is 35.5. The Bertz CT molecular complexity index is 485. The molecule has 3 heteroatoms. The van der Waals surface area contributed by atoms with Crippen LogP contribution in [0, 0.1) is 0 Å². The fourth-order valence-electron chi connectivity index (χ4n) is 1.61. The quantitative estimate of drug-likeness (QED) is 0.869. The number of phenolic OH excluding ortho intramolecular Hbond substituents is 1.